The van der Waals surface area contributed by atoms with Gasteiger partial charge in [0.15, 0.2) is 0 Å². The summed E-state index contributed by atoms with van der Waals surface area (Å²) in [7, 11) is 0.397. The summed E-state index contributed by atoms with van der Waals surface area (Å²) in [5.41, 5.74) is 0. The van der Waals surface area contributed by atoms with Crippen LogP contribution in [0.3, 0.4) is 0 Å². The van der Waals surface area contributed by atoms with Crippen LogP contribution in [-0.4, -0.2) is 15.4 Å². The standard InChI is InChI=1S/C6H7NOS2/c1-10(8)9-6-4-2-3-5-7-6/h2-5H,1H3. The van der Waals surface area contributed by atoms with Gasteiger partial charge in [-0.05, 0) is 22.9 Å². The average Bonchev–Trinajstić information content (AvgIpc) is 1.88. The maximum atomic E-state index is 10.6. The van der Waals surface area contributed by atoms with Crippen molar-refractivity contribution in [3.63, 3.8) is 0 Å². The van der Waals surface area contributed by atoms with Crippen LogP contribution in [0.25, 0.3) is 0 Å². The van der Waals surface area contributed by atoms with E-state index in [2.05, 4.69) is 4.98 Å². The Kier molecular flexibility index (Phi) is 2.89. The zero-order valence-corrected chi connectivity index (χ0v) is 7.11. The number of rotatable bonds is 2. The van der Waals surface area contributed by atoms with E-state index in [1.165, 1.54) is 10.8 Å². The van der Waals surface area contributed by atoms with Gasteiger partial charge in [-0.3, -0.25) is 0 Å². The second-order valence-electron chi connectivity index (χ2n) is 1.65. The molecule has 1 unspecified atom stereocenters. The molecule has 1 aromatic rings. The highest BCUT2D eigenvalue weighted by atomic mass is 33.1. The van der Waals surface area contributed by atoms with E-state index in [-0.39, 0.29) is 0 Å². The van der Waals surface area contributed by atoms with Gasteiger partial charge in [0.25, 0.3) is 0 Å². The van der Waals surface area contributed by atoms with Crippen LogP contribution < -0.4 is 0 Å². The minimum absolute atomic E-state index is 0.809. The van der Waals surface area contributed by atoms with Crippen LogP contribution in [-0.2, 0) is 9.83 Å². The van der Waals surface area contributed by atoms with Crippen molar-refractivity contribution in [3.8, 4) is 0 Å². The molecular formula is C6H7NOS2. The molecule has 0 fully saturated rings. The molecule has 1 rings (SSSR count). The summed E-state index contributed by atoms with van der Waals surface area (Å²) in [5, 5.41) is 0.809. The highest BCUT2D eigenvalue weighted by Crippen LogP contribution is 2.16. The lowest BCUT2D eigenvalue weighted by Gasteiger charge is -1.92. The molecule has 0 radical (unpaired) electrons. The number of nitrogens with zero attached hydrogens (tertiary/aromatic N) is 1. The van der Waals surface area contributed by atoms with E-state index >= 15 is 0 Å². The van der Waals surface area contributed by atoms with Crippen LogP contribution >= 0.6 is 10.8 Å². The second-order valence-corrected chi connectivity index (χ2v) is 4.95. The molecule has 0 amide bonds. The van der Waals surface area contributed by atoms with Crippen LogP contribution in [0.5, 0.6) is 0 Å². The summed E-state index contributed by atoms with van der Waals surface area (Å²) < 4.78 is 10.6. The maximum Gasteiger partial charge on any atom is 0.109 e. The van der Waals surface area contributed by atoms with Gasteiger partial charge in [-0.1, -0.05) is 6.07 Å². The first kappa shape index (κ1) is 7.75. The quantitative estimate of drug-likeness (QED) is 0.634. The van der Waals surface area contributed by atoms with Gasteiger partial charge in [0.1, 0.15) is 5.03 Å². The fraction of sp³-hybridized carbons (Fsp3) is 0.167. The molecule has 1 heterocycles. The van der Waals surface area contributed by atoms with Crippen molar-refractivity contribution in [1.29, 1.82) is 0 Å². The predicted octanol–water partition coefficient (Wildman–Crippen LogP) is 1.47. The van der Waals surface area contributed by atoms with Crippen molar-refractivity contribution >= 4 is 20.6 Å². The minimum Gasteiger partial charge on any atom is -0.249 e. The first-order valence-corrected chi connectivity index (χ1v) is 5.61. The van der Waals surface area contributed by atoms with E-state index in [4.69, 9.17) is 0 Å². The Morgan fingerprint density at radius 1 is 1.60 bits per heavy atom. The van der Waals surface area contributed by atoms with E-state index in [9.17, 15) is 4.21 Å². The van der Waals surface area contributed by atoms with Crippen molar-refractivity contribution in [3.05, 3.63) is 24.4 Å². The zero-order valence-electron chi connectivity index (χ0n) is 5.48. The molecule has 1 atom stereocenters. The Labute approximate surface area is 65.9 Å². The topological polar surface area (TPSA) is 30.0 Å². The molecule has 0 aliphatic heterocycles. The SMILES string of the molecule is CS(=O)Sc1ccccn1. The third-order valence-electron chi connectivity index (χ3n) is 0.840. The lowest BCUT2D eigenvalue weighted by atomic mass is 10.5. The van der Waals surface area contributed by atoms with Crippen LogP contribution in [0.2, 0.25) is 0 Å². The molecule has 4 heteroatoms. The molecule has 0 aliphatic carbocycles. The molecule has 1 aromatic heterocycles. The zero-order chi connectivity index (χ0) is 7.40. The first-order valence-electron chi connectivity index (χ1n) is 2.72. The van der Waals surface area contributed by atoms with Crippen molar-refractivity contribution in [1.82, 2.24) is 4.98 Å². The highest BCUT2D eigenvalue weighted by Gasteiger charge is 1.94. The van der Waals surface area contributed by atoms with Crippen molar-refractivity contribution in [2.75, 3.05) is 6.26 Å². The molecule has 0 saturated carbocycles. The van der Waals surface area contributed by atoms with Gasteiger partial charge in [0.05, 0.1) is 9.83 Å². The van der Waals surface area contributed by atoms with Crippen LogP contribution in [0.4, 0.5) is 0 Å². The van der Waals surface area contributed by atoms with Crippen LogP contribution in [0.15, 0.2) is 29.4 Å². The van der Waals surface area contributed by atoms with Gasteiger partial charge in [-0.2, -0.15) is 0 Å². The Balaban J connectivity index is 2.67. The molecular weight excluding hydrogens is 166 g/mol. The maximum absolute atomic E-state index is 10.6. The van der Waals surface area contributed by atoms with Gasteiger partial charge < -0.3 is 0 Å². The summed E-state index contributed by atoms with van der Waals surface area (Å²) in [6, 6.07) is 5.55. The predicted molar refractivity (Wildman–Crippen MR) is 44.2 cm³/mol. The van der Waals surface area contributed by atoms with E-state index < -0.39 is 9.83 Å². The smallest absolute Gasteiger partial charge is 0.109 e. The number of hydrogen-bond acceptors (Lipinski definition) is 3. The van der Waals surface area contributed by atoms with E-state index in [1.807, 2.05) is 18.2 Å². The summed E-state index contributed by atoms with van der Waals surface area (Å²) in [6.07, 6.45) is 3.33. The number of aromatic nitrogens is 1. The molecule has 10 heavy (non-hydrogen) atoms. The normalized spacial score (nSPS) is 12.9. The second kappa shape index (κ2) is 3.73. The van der Waals surface area contributed by atoms with Crippen LogP contribution in [0, 0.1) is 0 Å². The lowest BCUT2D eigenvalue weighted by molar-refractivity contribution is 0.694. The molecule has 0 saturated heterocycles. The summed E-state index contributed by atoms with van der Waals surface area (Å²) in [6.45, 7) is 0. The first-order chi connectivity index (χ1) is 4.79. The Morgan fingerprint density at radius 3 is 2.90 bits per heavy atom. The summed E-state index contributed by atoms with van der Waals surface area (Å²) in [4.78, 5) is 3.99. The monoisotopic (exact) mass is 173 g/mol. The molecule has 0 aromatic carbocycles. The molecule has 0 N–H and O–H groups in total. The third kappa shape index (κ3) is 2.49. The van der Waals surface area contributed by atoms with Crippen molar-refractivity contribution in [2.45, 2.75) is 5.03 Å². The Hall–Kier alpha value is -0.350. The van der Waals surface area contributed by atoms with E-state index in [0.29, 0.717) is 0 Å². The Morgan fingerprint density at radius 2 is 2.40 bits per heavy atom. The van der Waals surface area contributed by atoms with Gasteiger partial charge in [-0.25, -0.2) is 9.19 Å². The largest absolute Gasteiger partial charge is 0.249 e. The van der Waals surface area contributed by atoms with Gasteiger partial charge >= 0.3 is 0 Å². The third-order valence-corrected chi connectivity index (χ3v) is 2.70. The molecule has 54 valence electrons. The average molecular weight is 173 g/mol. The van der Waals surface area contributed by atoms with Gasteiger partial charge in [0.2, 0.25) is 0 Å². The molecule has 0 aliphatic rings. The number of hydrogen-bond donors (Lipinski definition) is 0. The van der Waals surface area contributed by atoms with Gasteiger partial charge in [-0.15, -0.1) is 0 Å². The fourth-order valence-electron chi connectivity index (χ4n) is 0.517. The number of pyridine rings is 1. The fourth-order valence-corrected chi connectivity index (χ4v) is 2.01. The molecule has 0 bridgehead atoms. The van der Waals surface area contributed by atoms with Crippen molar-refractivity contribution in [2.24, 2.45) is 0 Å². The Bertz CT molecular complexity index is 224. The molecule has 2 nitrogen and oxygen atoms in total. The highest BCUT2D eigenvalue weighted by molar-refractivity contribution is 8.68. The van der Waals surface area contributed by atoms with E-state index in [1.54, 1.807) is 12.5 Å². The van der Waals surface area contributed by atoms with E-state index in [0.717, 1.165) is 5.03 Å². The summed E-state index contributed by atoms with van der Waals surface area (Å²) in [5.74, 6) is 0. The summed E-state index contributed by atoms with van der Waals surface area (Å²) >= 11 is 0. The molecule has 0 spiro atoms. The minimum atomic E-state index is -0.862. The van der Waals surface area contributed by atoms with Crippen molar-refractivity contribution < 1.29 is 4.21 Å². The van der Waals surface area contributed by atoms with Crippen LogP contribution in [0.1, 0.15) is 0 Å². The van der Waals surface area contributed by atoms with Gasteiger partial charge in [0, 0.05) is 12.5 Å². The lowest BCUT2D eigenvalue weighted by Crippen LogP contribution is -1.79.